The highest BCUT2D eigenvalue weighted by Crippen LogP contribution is 2.23. The second kappa shape index (κ2) is 6.41. The molecule has 4 nitrogen and oxygen atoms in total. The maximum Gasteiger partial charge on any atom is 0.315 e. The quantitative estimate of drug-likeness (QED) is 0.722. The highest BCUT2D eigenvalue weighted by atomic mass is 16.3. The first-order valence-corrected chi connectivity index (χ1v) is 7.08. The lowest BCUT2D eigenvalue weighted by Crippen LogP contribution is -2.50. The molecule has 0 aromatic heterocycles. The van der Waals surface area contributed by atoms with Gasteiger partial charge in [0.05, 0.1) is 5.60 Å². The van der Waals surface area contributed by atoms with Gasteiger partial charge in [0, 0.05) is 12.6 Å². The fraction of sp³-hybridized carbons (Fsp3) is 0.929. The minimum atomic E-state index is -0.849. The average molecular weight is 256 g/mol. The molecule has 0 heterocycles. The van der Waals surface area contributed by atoms with E-state index in [9.17, 15) is 9.90 Å². The van der Waals surface area contributed by atoms with Crippen LogP contribution in [0.25, 0.3) is 0 Å². The highest BCUT2D eigenvalue weighted by molar-refractivity contribution is 5.74. The number of carbonyl (C=O) groups is 1. The predicted molar refractivity (Wildman–Crippen MR) is 73.4 cm³/mol. The molecule has 1 fully saturated rings. The Balaban J connectivity index is 2.26. The first-order valence-electron chi connectivity index (χ1n) is 7.08. The summed E-state index contributed by atoms with van der Waals surface area (Å²) in [6.45, 7) is 8.19. The van der Waals surface area contributed by atoms with Gasteiger partial charge in [-0.2, -0.15) is 0 Å². The number of aliphatic hydroxyl groups is 1. The first kappa shape index (κ1) is 15.3. The molecule has 0 spiro atoms. The molecule has 1 unspecified atom stereocenters. The van der Waals surface area contributed by atoms with Crippen LogP contribution in [0.1, 0.15) is 53.4 Å². The summed E-state index contributed by atoms with van der Waals surface area (Å²) in [5.74, 6) is 0.904. The maximum atomic E-state index is 11.7. The molecule has 1 aliphatic carbocycles. The van der Waals surface area contributed by atoms with Crippen LogP contribution in [-0.4, -0.2) is 29.3 Å². The summed E-state index contributed by atoms with van der Waals surface area (Å²) in [6, 6.07) is 0.140. The van der Waals surface area contributed by atoms with Gasteiger partial charge in [-0.1, -0.05) is 20.8 Å². The summed E-state index contributed by atoms with van der Waals surface area (Å²) in [6.07, 6.45) is 4.51. The topological polar surface area (TPSA) is 61.4 Å². The van der Waals surface area contributed by atoms with E-state index in [0.717, 1.165) is 18.8 Å². The Labute approximate surface area is 111 Å². The fourth-order valence-corrected chi connectivity index (χ4v) is 2.10. The number of nitrogens with one attached hydrogen (secondary N) is 2. The van der Waals surface area contributed by atoms with Crippen molar-refractivity contribution in [2.45, 2.75) is 65.0 Å². The van der Waals surface area contributed by atoms with Crippen LogP contribution in [0.2, 0.25) is 0 Å². The third-order valence-electron chi connectivity index (χ3n) is 4.20. The molecule has 1 aliphatic rings. The predicted octanol–water partition coefficient (Wildman–Crippen LogP) is 2.27. The molecule has 4 heteroatoms. The zero-order chi connectivity index (χ0) is 13.8. The monoisotopic (exact) mass is 256 g/mol. The normalized spacial score (nSPS) is 27.7. The Morgan fingerprint density at radius 3 is 2.39 bits per heavy atom. The highest BCUT2D eigenvalue weighted by Gasteiger charge is 2.26. The molecule has 0 radical (unpaired) electrons. The van der Waals surface area contributed by atoms with Crippen molar-refractivity contribution in [2.75, 3.05) is 6.54 Å². The van der Waals surface area contributed by atoms with Crippen LogP contribution >= 0.6 is 0 Å². The van der Waals surface area contributed by atoms with E-state index in [-0.39, 0.29) is 11.9 Å². The van der Waals surface area contributed by atoms with Gasteiger partial charge in [-0.05, 0) is 44.4 Å². The minimum absolute atomic E-state index is 0.119. The molecule has 0 aromatic carbocycles. The molecule has 2 amide bonds. The standard InChI is InChI=1S/C14H28N2O2/c1-10(2)14(4,18)9-15-13(17)16-12-7-5-11(3)6-8-12/h10-12,18H,5-9H2,1-4H3,(H2,15,16,17). The zero-order valence-electron chi connectivity index (χ0n) is 12.1. The first-order chi connectivity index (χ1) is 8.31. The molecule has 1 saturated carbocycles. The van der Waals surface area contributed by atoms with Crippen molar-refractivity contribution in [3.05, 3.63) is 0 Å². The van der Waals surface area contributed by atoms with Crippen molar-refractivity contribution in [2.24, 2.45) is 11.8 Å². The van der Waals surface area contributed by atoms with Crippen LogP contribution in [0.5, 0.6) is 0 Å². The molecule has 0 saturated heterocycles. The second-order valence-electron chi connectivity index (χ2n) is 6.30. The Hall–Kier alpha value is -0.770. The van der Waals surface area contributed by atoms with Crippen LogP contribution < -0.4 is 10.6 Å². The molecular weight excluding hydrogens is 228 g/mol. The van der Waals surface area contributed by atoms with Crippen molar-refractivity contribution >= 4 is 6.03 Å². The Bertz CT molecular complexity index is 269. The molecule has 106 valence electrons. The van der Waals surface area contributed by atoms with Crippen LogP contribution in [0.3, 0.4) is 0 Å². The van der Waals surface area contributed by atoms with E-state index in [4.69, 9.17) is 0 Å². The molecule has 18 heavy (non-hydrogen) atoms. The van der Waals surface area contributed by atoms with E-state index < -0.39 is 5.60 Å². The smallest absolute Gasteiger partial charge is 0.315 e. The molecule has 1 atom stereocenters. The molecule has 1 rings (SSSR count). The van der Waals surface area contributed by atoms with Crippen molar-refractivity contribution in [3.8, 4) is 0 Å². The molecule has 0 bridgehead atoms. The van der Waals surface area contributed by atoms with E-state index in [0.29, 0.717) is 12.6 Å². The lowest BCUT2D eigenvalue weighted by atomic mass is 9.87. The average Bonchev–Trinajstić information content (AvgIpc) is 2.29. The van der Waals surface area contributed by atoms with Gasteiger partial charge >= 0.3 is 6.03 Å². The number of hydrogen-bond donors (Lipinski definition) is 3. The Morgan fingerprint density at radius 2 is 1.89 bits per heavy atom. The molecule has 0 aromatic rings. The third-order valence-corrected chi connectivity index (χ3v) is 4.20. The van der Waals surface area contributed by atoms with Gasteiger partial charge in [0.2, 0.25) is 0 Å². The number of urea groups is 1. The number of hydrogen-bond acceptors (Lipinski definition) is 2. The van der Waals surface area contributed by atoms with Crippen molar-refractivity contribution in [3.63, 3.8) is 0 Å². The van der Waals surface area contributed by atoms with Crippen LogP contribution in [0, 0.1) is 11.8 Å². The minimum Gasteiger partial charge on any atom is -0.388 e. The molecule has 3 N–H and O–H groups in total. The Kier molecular flexibility index (Phi) is 5.45. The lowest BCUT2D eigenvalue weighted by molar-refractivity contribution is 0.0165. The lowest BCUT2D eigenvalue weighted by Gasteiger charge is -2.30. The van der Waals surface area contributed by atoms with Crippen molar-refractivity contribution in [1.82, 2.24) is 10.6 Å². The van der Waals surface area contributed by atoms with Crippen LogP contribution in [-0.2, 0) is 0 Å². The summed E-state index contributed by atoms with van der Waals surface area (Å²) in [5, 5.41) is 15.8. The van der Waals surface area contributed by atoms with Crippen LogP contribution in [0.15, 0.2) is 0 Å². The van der Waals surface area contributed by atoms with Gasteiger partial charge in [0.15, 0.2) is 0 Å². The van der Waals surface area contributed by atoms with Gasteiger partial charge < -0.3 is 15.7 Å². The third kappa shape index (κ3) is 4.84. The fourth-order valence-electron chi connectivity index (χ4n) is 2.10. The van der Waals surface area contributed by atoms with Gasteiger partial charge in [0.1, 0.15) is 0 Å². The summed E-state index contributed by atoms with van der Waals surface area (Å²) < 4.78 is 0. The SMILES string of the molecule is CC1CCC(NC(=O)NCC(C)(O)C(C)C)CC1. The van der Waals surface area contributed by atoms with E-state index in [1.165, 1.54) is 12.8 Å². The van der Waals surface area contributed by atoms with E-state index in [2.05, 4.69) is 17.6 Å². The van der Waals surface area contributed by atoms with Gasteiger partial charge in [-0.25, -0.2) is 4.79 Å². The summed E-state index contributed by atoms with van der Waals surface area (Å²) in [5.41, 5.74) is -0.849. The maximum absolute atomic E-state index is 11.7. The van der Waals surface area contributed by atoms with Gasteiger partial charge in [0.25, 0.3) is 0 Å². The van der Waals surface area contributed by atoms with Crippen LogP contribution in [0.4, 0.5) is 4.79 Å². The summed E-state index contributed by atoms with van der Waals surface area (Å²) >= 11 is 0. The summed E-state index contributed by atoms with van der Waals surface area (Å²) in [4.78, 5) is 11.7. The van der Waals surface area contributed by atoms with Crippen molar-refractivity contribution in [1.29, 1.82) is 0 Å². The largest absolute Gasteiger partial charge is 0.388 e. The van der Waals surface area contributed by atoms with Gasteiger partial charge in [-0.15, -0.1) is 0 Å². The van der Waals surface area contributed by atoms with Crippen molar-refractivity contribution < 1.29 is 9.90 Å². The second-order valence-corrected chi connectivity index (χ2v) is 6.30. The van der Waals surface area contributed by atoms with E-state index in [1.807, 2.05) is 13.8 Å². The van der Waals surface area contributed by atoms with E-state index >= 15 is 0 Å². The Morgan fingerprint density at radius 1 is 1.33 bits per heavy atom. The van der Waals surface area contributed by atoms with Gasteiger partial charge in [-0.3, -0.25) is 0 Å². The number of amides is 2. The zero-order valence-corrected chi connectivity index (χ0v) is 12.1. The molecular formula is C14H28N2O2. The number of rotatable bonds is 4. The van der Waals surface area contributed by atoms with E-state index in [1.54, 1.807) is 6.92 Å². The summed E-state index contributed by atoms with van der Waals surface area (Å²) in [7, 11) is 0. The molecule has 0 aliphatic heterocycles. The number of carbonyl (C=O) groups excluding carboxylic acids is 1.